The van der Waals surface area contributed by atoms with E-state index in [0.29, 0.717) is 32.2 Å². The van der Waals surface area contributed by atoms with Gasteiger partial charge in [-0.3, -0.25) is 14.4 Å². The highest BCUT2D eigenvalue weighted by Crippen LogP contribution is 2.38. The number of piperidine rings is 1. The normalized spacial score (nSPS) is 19.2. The summed E-state index contributed by atoms with van der Waals surface area (Å²) < 4.78 is 6.26. The number of nitrogens with zero attached hydrogens (tertiary/aromatic N) is 3. The molecule has 0 radical (unpaired) electrons. The first-order valence-electron chi connectivity index (χ1n) is 14.9. The molecule has 1 fully saturated rings. The molecule has 2 atom stereocenters. The zero-order valence-corrected chi connectivity index (χ0v) is 27.9. The maximum atomic E-state index is 14.3. The molecule has 2 aliphatic rings. The molecular weight excluding hydrogens is 626 g/mol. The highest BCUT2D eigenvalue weighted by Gasteiger charge is 2.54. The quantitative estimate of drug-likeness (QED) is 0.409. The Hall–Kier alpha value is -3.73. The van der Waals surface area contributed by atoms with E-state index < -0.39 is 34.6 Å². The smallest absolute Gasteiger partial charge is 0.408 e. The average Bonchev–Trinajstić information content (AvgIpc) is 3.19. The van der Waals surface area contributed by atoms with E-state index in [1.54, 1.807) is 46.6 Å². The van der Waals surface area contributed by atoms with E-state index in [1.165, 1.54) is 5.01 Å². The molecule has 2 aliphatic heterocycles. The third-order valence-corrected chi connectivity index (χ3v) is 8.68. The van der Waals surface area contributed by atoms with Gasteiger partial charge in [-0.15, -0.1) is 0 Å². The summed E-state index contributed by atoms with van der Waals surface area (Å²) in [7, 11) is 1.65. The lowest BCUT2D eigenvalue weighted by Gasteiger charge is -2.41. The van der Waals surface area contributed by atoms with E-state index in [4.69, 9.17) is 4.74 Å². The Labute approximate surface area is 267 Å². The van der Waals surface area contributed by atoms with Crippen LogP contribution in [0.25, 0.3) is 0 Å². The van der Waals surface area contributed by atoms with Crippen molar-refractivity contribution in [2.75, 3.05) is 20.1 Å². The van der Waals surface area contributed by atoms with E-state index >= 15 is 0 Å². The number of nitrogens with one attached hydrogen (secondary N) is 2. The van der Waals surface area contributed by atoms with Gasteiger partial charge in [-0.1, -0.05) is 64.5 Å². The molecule has 1 unspecified atom stereocenters. The minimum atomic E-state index is -1.37. The third-order valence-electron chi connectivity index (χ3n) is 7.91. The van der Waals surface area contributed by atoms with Gasteiger partial charge >= 0.3 is 6.09 Å². The standard InChI is InChI=1S/C33H42BrN5O5/c1-31(2,3)44-30(43)36-32(4,5)28(41)35-25(17-16-23-14-10-11-15-24(23)34)27(40)39-19-18-26-33(21-39,29(42)38(6)37-26)20-22-12-8-7-9-13-22/h7-15,25H,16-21H2,1-6H3,(H,35,41)(H,36,43)/t25?,33-/m1/s1. The number of benzene rings is 2. The minimum Gasteiger partial charge on any atom is -0.444 e. The molecule has 0 aromatic heterocycles. The van der Waals surface area contributed by atoms with Gasteiger partial charge in [0.15, 0.2) is 0 Å². The van der Waals surface area contributed by atoms with Crippen LogP contribution in [0.4, 0.5) is 4.79 Å². The maximum Gasteiger partial charge on any atom is 0.408 e. The van der Waals surface area contributed by atoms with E-state index in [9.17, 15) is 19.2 Å². The molecule has 4 amide bonds. The fourth-order valence-electron chi connectivity index (χ4n) is 5.65. The Balaban J connectivity index is 1.58. The Bertz CT molecular complexity index is 1440. The molecule has 0 saturated carbocycles. The van der Waals surface area contributed by atoms with Crippen molar-refractivity contribution in [3.05, 3.63) is 70.2 Å². The number of carbonyl (C=O) groups is 4. The molecule has 0 spiro atoms. The average molecular weight is 669 g/mol. The van der Waals surface area contributed by atoms with Crippen molar-refractivity contribution >= 4 is 45.5 Å². The first-order valence-corrected chi connectivity index (χ1v) is 15.6. The Morgan fingerprint density at radius 2 is 1.70 bits per heavy atom. The van der Waals surface area contributed by atoms with E-state index in [-0.39, 0.29) is 18.4 Å². The van der Waals surface area contributed by atoms with Gasteiger partial charge in [-0.25, -0.2) is 9.80 Å². The second-order valence-corrected chi connectivity index (χ2v) is 13.9. The lowest BCUT2D eigenvalue weighted by molar-refractivity contribution is -0.142. The summed E-state index contributed by atoms with van der Waals surface area (Å²) >= 11 is 3.58. The van der Waals surface area contributed by atoms with Crippen LogP contribution in [0.1, 0.15) is 58.6 Å². The molecule has 2 N–H and O–H groups in total. The SMILES string of the molecule is CN1N=C2CCN(C(=O)C(CCc3ccccc3Br)NC(=O)C(C)(C)NC(=O)OC(C)(C)C)C[C@@]2(Cc2ccccc2)C1=O. The summed E-state index contributed by atoms with van der Waals surface area (Å²) in [5.41, 5.74) is -0.336. The van der Waals surface area contributed by atoms with Crippen LogP contribution in [-0.4, -0.2) is 76.8 Å². The number of aryl methyl sites for hydroxylation is 1. The van der Waals surface area contributed by atoms with Crippen molar-refractivity contribution in [3.8, 4) is 0 Å². The number of hydrogen-bond donors (Lipinski definition) is 2. The summed E-state index contributed by atoms with van der Waals surface area (Å²) in [6.45, 7) is 8.87. The van der Waals surface area contributed by atoms with E-state index in [0.717, 1.165) is 21.3 Å². The van der Waals surface area contributed by atoms with Crippen LogP contribution in [0.3, 0.4) is 0 Å². The van der Waals surface area contributed by atoms with Crippen LogP contribution < -0.4 is 10.6 Å². The van der Waals surface area contributed by atoms with Gasteiger partial charge in [-0.05, 0) is 71.1 Å². The molecule has 44 heavy (non-hydrogen) atoms. The number of carbonyl (C=O) groups excluding carboxylic acids is 4. The number of alkyl carbamates (subject to hydrolysis) is 1. The Kier molecular flexibility index (Phi) is 9.87. The fourth-order valence-corrected chi connectivity index (χ4v) is 6.13. The number of hydrazone groups is 1. The van der Waals surface area contributed by atoms with Gasteiger partial charge in [0.1, 0.15) is 22.6 Å². The van der Waals surface area contributed by atoms with Gasteiger partial charge in [0.25, 0.3) is 5.91 Å². The van der Waals surface area contributed by atoms with Gasteiger partial charge < -0.3 is 20.3 Å². The van der Waals surface area contributed by atoms with E-state index in [1.807, 2.05) is 54.6 Å². The minimum absolute atomic E-state index is 0.148. The van der Waals surface area contributed by atoms with Crippen LogP contribution in [0.5, 0.6) is 0 Å². The maximum absolute atomic E-state index is 14.3. The number of ether oxygens (including phenoxy) is 1. The summed E-state index contributed by atoms with van der Waals surface area (Å²) in [6, 6.07) is 16.5. The number of fused-ring (bicyclic) bond motifs is 1. The first-order chi connectivity index (χ1) is 20.6. The molecule has 2 aromatic carbocycles. The van der Waals surface area contributed by atoms with Crippen molar-refractivity contribution in [2.24, 2.45) is 10.5 Å². The lowest BCUT2D eigenvalue weighted by Crippen LogP contribution is -2.62. The number of hydrogen-bond acceptors (Lipinski definition) is 6. The van der Waals surface area contributed by atoms with Crippen molar-refractivity contribution in [3.63, 3.8) is 0 Å². The van der Waals surface area contributed by atoms with Gasteiger partial charge in [-0.2, -0.15) is 5.10 Å². The van der Waals surface area contributed by atoms with Gasteiger partial charge in [0.2, 0.25) is 11.8 Å². The molecule has 10 nitrogen and oxygen atoms in total. The molecule has 11 heteroatoms. The molecule has 4 rings (SSSR count). The number of amides is 4. The lowest BCUT2D eigenvalue weighted by atomic mass is 9.73. The van der Waals surface area contributed by atoms with Gasteiger partial charge in [0.05, 0.1) is 5.71 Å². The third kappa shape index (κ3) is 7.67. The van der Waals surface area contributed by atoms with E-state index in [2.05, 4.69) is 31.7 Å². The molecule has 2 heterocycles. The van der Waals surface area contributed by atoms with Crippen molar-refractivity contribution in [1.29, 1.82) is 0 Å². The number of likely N-dealkylation sites (tertiary alicyclic amines) is 1. The summed E-state index contributed by atoms with van der Waals surface area (Å²) in [5.74, 6) is -0.957. The van der Waals surface area contributed by atoms with Crippen molar-refractivity contribution in [1.82, 2.24) is 20.5 Å². The molecule has 0 bridgehead atoms. The Morgan fingerprint density at radius 1 is 1.05 bits per heavy atom. The topological polar surface area (TPSA) is 120 Å². The summed E-state index contributed by atoms with van der Waals surface area (Å²) in [4.78, 5) is 55.6. The van der Waals surface area contributed by atoms with Gasteiger partial charge in [0, 0.05) is 31.0 Å². The van der Waals surface area contributed by atoms with Crippen molar-refractivity contribution in [2.45, 2.75) is 77.5 Å². The van der Waals surface area contributed by atoms with Crippen LogP contribution in [0.2, 0.25) is 0 Å². The predicted molar refractivity (Wildman–Crippen MR) is 172 cm³/mol. The molecular formula is C33H42BrN5O5. The number of halogens is 1. The highest BCUT2D eigenvalue weighted by atomic mass is 79.9. The largest absolute Gasteiger partial charge is 0.444 e. The van der Waals surface area contributed by atoms with Crippen LogP contribution in [0.15, 0.2) is 64.2 Å². The molecule has 2 aromatic rings. The van der Waals surface area contributed by atoms with Crippen LogP contribution in [0, 0.1) is 5.41 Å². The zero-order valence-electron chi connectivity index (χ0n) is 26.3. The molecule has 1 saturated heterocycles. The Morgan fingerprint density at radius 3 is 2.36 bits per heavy atom. The zero-order chi connectivity index (χ0) is 32.3. The molecule has 236 valence electrons. The number of rotatable bonds is 9. The predicted octanol–water partition coefficient (Wildman–Crippen LogP) is 4.46. The summed E-state index contributed by atoms with van der Waals surface area (Å²) in [5, 5.41) is 11.5. The second kappa shape index (κ2) is 13.1. The molecule has 0 aliphatic carbocycles. The van der Waals surface area contributed by atoms with Crippen molar-refractivity contribution < 1.29 is 23.9 Å². The first kappa shape index (κ1) is 33.2. The monoisotopic (exact) mass is 667 g/mol. The van der Waals surface area contributed by atoms with Crippen LogP contribution in [-0.2, 0) is 32.0 Å². The highest BCUT2D eigenvalue weighted by molar-refractivity contribution is 9.10. The fraction of sp³-hybridized carbons (Fsp3) is 0.485. The van der Waals surface area contributed by atoms with Crippen LogP contribution >= 0.6 is 15.9 Å². The summed E-state index contributed by atoms with van der Waals surface area (Å²) in [6.07, 6.45) is 0.955. The second-order valence-electron chi connectivity index (χ2n) is 13.0.